The van der Waals surface area contributed by atoms with E-state index < -0.39 is 5.97 Å². The number of carboxylic acid groups (broad SMARTS) is 1. The lowest BCUT2D eigenvalue weighted by Gasteiger charge is -1.95. The number of rotatable bonds is 5. The second kappa shape index (κ2) is 6.83. The molecule has 0 aliphatic heterocycles. The van der Waals surface area contributed by atoms with Gasteiger partial charge in [0.05, 0.1) is 6.26 Å². The predicted octanol–water partition coefficient (Wildman–Crippen LogP) is 4.51. The summed E-state index contributed by atoms with van der Waals surface area (Å²) in [4.78, 5) is 14.9. The number of carboxylic acids is 1. The minimum atomic E-state index is -0.965. The van der Waals surface area contributed by atoms with Crippen LogP contribution in [0.4, 0.5) is 0 Å². The maximum atomic E-state index is 10.5. The first-order chi connectivity index (χ1) is 11.6. The average Bonchev–Trinajstić information content (AvgIpc) is 3.21. The summed E-state index contributed by atoms with van der Waals surface area (Å²) in [6.07, 6.45) is 8.02. The molecule has 0 fully saturated rings. The van der Waals surface area contributed by atoms with E-state index in [2.05, 4.69) is 4.98 Å². The Morgan fingerprint density at radius 1 is 1.08 bits per heavy atom. The highest BCUT2D eigenvalue weighted by Gasteiger charge is 2.11. The molecular formula is C19H15NO4. The van der Waals surface area contributed by atoms with E-state index in [0.717, 1.165) is 22.9 Å². The minimum absolute atomic E-state index is 0.450. The molecule has 24 heavy (non-hydrogen) atoms. The average molecular weight is 321 g/mol. The first-order valence-electron chi connectivity index (χ1n) is 7.32. The van der Waals surface area contributed by atoms with Crippen molar-refractivity contribution in [1.29, 1.82) is 0 Å². The lowest BCUT2D eigenvalue weighted by atomic mass is 10.1. The van der Waals surface area contributed by atoms with Crippen LogP contribution in [0.2, 0.25) is 0 Å². The van der Waals surface area contributed by atoms with Gasteiger partial charge in [-0.2, -0.15) is 0 Å². The third-order valence-corrected chi connectivity index (χ3v) is 3.35. The van der Waals surface area contributed by atoms with Crippen molar-refractivity contribution in [3.05, 3.63) is 71.3 Å². The zero-order valence-corrected chi connectivity index (χ0v) is 13.0. The molecule has 0 saturated carbocycles. The van der Waals surface area contributed by atoms with E-state index in [1.165, 1.54) is 0 Å². The maximum absolute atomic E-state index is 10.5. The smallest absolute Gasteiger partial charge is 0.328 e. The number of aliphatic carboxylic acids is 1. The highest BCUT2D eigenvalue weighted by Crippen LogP contribution is 2.23. The van der Waals surface area contributed by atoms with Crippen LogP contribution in [-0.2, 0) is 4.79 Å². The highest BCUT2D eigenvalue weighted by atomic mass is 16.4. The van der Waals surface area contributed by atoms with E-state index in [0.29, 0.717) is 17.4 Å². The topological polar surface area (TPSA) is 76.5 Å². The molecule has 0 saturated heterocycles. The van der Waals surface area contributed by atoms with Crippen molar-refractivity contribution in [2.75, 3.05) is 0 Å². The van der Waals surface area contributed by atoms with Crippen molar-refractivity contribution in [2.24, 2.45) is 0 Å². The van der Waals surface area contributed by atoms with Crippen LogP contribution < -0.4 is 0 Å². The second-order valence-electron chi connectivity index (χ2n) is 5.11. The molecule has 3 aromatic rings. The van der Waals surface area contributed by atoms with Crippen molar-refractivity contribution in [1.82, 2.24) is 4.98 Å². The molecule has 5 nitrogen and oxygen atoms in total. The number of hydrogen-bond acceptors (Lipinski definition) is 4. The van der Waals surface area contributed by atoms with Crippen molar-refractivity contribution in [3.63, 3.8) is 0 Å². The Labute approximate surface area is 138 Å². The van der Waals surface area contributed by atoms with Gasteiger partial charge in [0, 0.05) is 6.08 Å². The first kappa shape index (κ1) is 15.6. The molecule has 0 aliphatic rings. The molecule has 0 spiro atoms. The third-order valence-electron chi connectivity index (χ3n) is 3.35. The summed E-state index contributed by atoms with van der Waals surface area (Å²) in [5.41, 5.74) is 2.54. The SMILES string of the molecule is Cc1oc(-c2ccco2)nc1C=Cc1ccc(C=CC(=O)O)cc1. The number of hydrogen-bond donors (Lipinski definition) is 1. The molecule has 2 aromatic heterocycles. The van der Waals surface area contributed by atoms with E-state index in [-0.39, 0.29) is 0 Å². The summed E-state index contributed by atoms with van der Waals surface area (Å²) in [5, 5.41) is 8.62. The summed E-state index contributed by atoms with van der Waals surface area (Å²) >= 11 is 0. The number of aromatic nitrogens is 1. The van der Waals surface area contributed by atoms with Gasteiger partial charge >= 0.3 is 5.97 Å². The van der Waals surface area contributed by atoms with E-state index in [1.54, 1.807) is 24.5 Å². The Morgan fingerprint density at radius 3 is 2.42 bits per heavy atom. The molecule has 0 aliphatic carbocycles. The third kappa shape index (κ3) is 3.70. The molecular weight excluding hydrogens is 306 g/mol. The summed E-state index contributed by atoms with van der Waals surface area (Å²) in [5.74, 6) is 0.783. The predicted molar refractivity (Wildman–Crippen MR) is 91.0 cm³/mol. The van der Waals surface area contributed by atoms with Crippen molar-refractivity contribution in [2.45, 2.75) is 6.92 Å². The lowest BCUT2D eigenvalue weighted by Crippen LogP contribution is -1.85. The minimum Gasteiger partial charge on any atom is -0.478 e. The zero-order valence-electron chi connectivity index (χ0n) is 13.0. The summed E-state index contributed by atoms with van der Waals surface area (Å²) in [7, 11) is 0. The number of benzene rings is 1. The Hall–Kier alpha value is -3.34. The van der Waals surface area contributed by atoms with Crippen LogP contribution in [0.1, 0.15) is 22.6 Å². The van der Waals surface area contributed by atoms with Gasteiger partial charge in [-0.3, -0.25) is 0 Å². The standard InChI is InChI=1S/C19H15NO4/c1-13-16(20-19(24-13)17-3-2-12-23-17)10-8-14-4-6-15(7-5-14)9-11-18(21)22/h2-12H,1H3,(H,21,22). The number of nitrogens with zero attached hydrogens (tertiary/aromatic N) is 1. The van der Waals surface area contributed by atoms with Gasteiger partial charge in [0.1, 0.15) is 11.5 Å². The quantitative estimate of drug-likeness (QED) is 0.700. The van der Waals surface area contributed by atoms with E-state index >= 15 is 0 Å². The van der Waals surface area contributed by atoms with Gasteiger partial charge in [0.25, 0.3) is 5.89 Å². The fourth-order valence-corrected chi connectivity index (χ4v) is 2.13. The van der Waals surface area contributed by atoms with Gasteiger partial charge in [-0.15, -0.1) is 0 Å². The molecule has 5 heteroatoms. The fourth-order valence-electron chi connectivity index (χ4n) is 2.13. The van der Waals surface area contributed by atoms with Gasteiger partial charge < -0.3 is 13.9 Å². The fraction of sp³-hybridized carbons (Fsp3) is 0.0526. The van der Waals surface area contributed by atoms with E-state index in [1.807, 2.05) is 43.3 Å². The van der Waals surface area contributed by atoms with Crippen LogP contribution >= 0.6 is 0 Å². The van der Waals surface area contributed by atoms with Crippen molar-refractivity contribution >= 4 is 24.2 Å². The van der Waals surface area contributed by atoms with Gasteiger partial charge in [0.2, 0.25) is 0 Å². The maximum Gasteiger partial charge on any atom is 0.328 e. The first-order valence-corrected chi connectivity index (χ1v) is 7.32. The van der Waals surface area contributed by atoms with Crippen LogP contribution in [0.5, 0.6) is 0 Å². The van der Waals surface area contributed by atoms with Crippen molar-refractivity contribution in [3.8, 4) is 11.7 Å². The molecule has 3 rings (SSSR count). The van der Waals surface area contributed by atoms with Crippen LogP contribution in [0.15, 0.2) is 57.6 Å². The highest BCUT2D eigenvalue weighted by molar-refractivity contribution is 5.85. The molecule has 0 amide bonds. The Morgan fingerprint density at radius 2 is 1.79 bits per heavy atom. The summed E-state index contributed by atoms with van der Waals surface area (Å²) < 4.78 is 10.9. The van der Waals surface area contributed by atoms with E-state index in [4.69, 9.17) is 13.9 Å². The van der Waals surface area contributed by atoms with Gasteiger partial charge in [-0.1, -0.05) is 30.3 Å². The number of aryl methyl sites for hydroxylation is 1. The molecule has 1 aromatic carbocycles. The monoisotopic (exact) mass is 321 g/mol. The van der Waals surface area contributed by atoms with Crippen LogP contribution in [0.3, 0.4) is 0 Å². The van der Waals surface area contributed by atoms with E-state index in [9.17, 15) is 4.79 Å². The van der Waals surface area contributed by atoms with Gasteiger partial charge in [-0.25, -0.2) is 9.78 Å². The van der Waals surface area contributed by atoms with Crippen molar-refractivity contribution < 1.29 is 18.7 Å². The molecule has 0 radical (unpaired) electrons. The second-order valence-corrected chi connectivity index (χ2v) is 5.11. The molecule has 2 heterocycles. The summed E-state index contributed by atoms with van der Waals surface area (Å²) in [6, 6.07) is 11.1. The molecule has 0 atom stereocenters. The number of carbonyl (C=O) groups is 1. The molecule has 0 unspecified atom stereocenters. The van der Waals surface area contributed by atoms with Gasteiger partial charge in [-0.05, 0) is 42.3 Å². The molecule has 0 bridgehead atoms. The van der Waals surface area contributed by atoms with Crippen LogP contribution in [0, 0.1) is 6.92 Å². The Bertz CT molecular complexity index is 884. The molecule has 120 valence electrons. The van der Waals surface area contributed by atoms with Crippen LogP contribution in [0.25, 0.3) is 29.9 Å². The molecule has 1 N–H and O–H groups in total. The summed E-state index contributed by atoms with van der Waals surface area (Å²) in [6.45, 7) is 1.85. The Balaban J connectivity index is 1.75. The normalized spacial score (nSPS) is 11.5. The lowest BCUT2D eigenvalue weighted by molar-refractivity contribution is -0.131. The number of furan rings is 1. The zero-order chi connectivity index (χ0) is 16.9. The largest absolute Gasteiger partial charge is 0.478 e. The Kier molecular flexibility index (Phi) is 4.43. The van der Waals surface area contributed by atoms with Gasteiger partial charge in [0.15, 0.2) is 5.76 Å². The number of oxazole rings is 1. The van der Waals surface area contributed by atoms with Crippen LogP contribution in [-0.4, -0.2) is 16.1 Å².